The van der Waals surface area contributed by atoms with Gasteiger partial charge in [0.2, 0.25) is 17.6 Å². The van der Waals surface area contributed by atoms with E-state index in [0.29, 0.717) is 37.1 Å². The molecular formula is C25H31N5O3S. The number of nitrogens with one attached hydrogen (secondary N) is 1. The molecule has 0 aliphatic carbocycles. The van der Waals surface area contributed by atoms with Crippen LogP contribution in [0.5, 0.6) is 0 Å². The molecule has 0 bridgehead atoms. The van der Waals surface area contributed by atoms with Gasteiger partial charge in [-0.2, -0.15) is 4.98 Å². The Morgan fingerprint density at radius 3 is 2.62 bits per heavy atom. The monoisotopic (exact) mass is 481 g/mol. The number of nitrogens with zero attached hydrogens (tertiary/aromatic N) is 4. The van der Waals surface area contributed by atoms with E-state index >= 15 is 0 Å². The van der Waals surface area contributed by atoms with Gasteiger partial charge in [0.1, 0.15) is 6.04 Å². The fraction of sp³-hybridized carbons (Fsp3) is 0.440. The highest BCUT2D eigenvalue weighted by Gasteiger charge is 2.28. The number of hydrogen-bond donors (Lipinski definition) is 1. The summed E-state index contributed by atoms with van der Waals surface area (Å²) in [5.41, 5.74) is 2.08. The minimum absolute atomic E-state index is 0.0178. The Labute approximate surface area is 204 Å². The van der Waals surface area contributed by atoms with Crippen LogP contribution in [-0.4, -0.2) is 64.0 Å². The van der Waals surface area contributed by atoms with Crippen molar-refractivity contribution in [3.8, 4) is 22.2 Å². The summed E-state index contributed by atoms with van der Waals surface area (Å²) in [6, 6.07) is 11.7. The van der Waals surface area contributed by atoms with E-state index in [2.05, 4.69) is 46.3 Å². The second kappa shape index (κ2) is 10.9. The van der Waals surface area contributed by atoms with Crippen LogP contribution in [0.1, 0.15) is 32.8 Å². The van der Waals surface area contributed by atoms with Gasteiger partial charge in [0.25, 0.3) is 5.89 Å². The zero-order chi connectivity index (χ0) is 24.1. The summed E-state index contributed by atoms with van der Waals surface area (Å²) in [6.07, 6.45) is 0.649. The molecule has 1 aliphatic heterocycles. The first kappa shape index (κ1) is 24.1. The van der Waals surface area contributed by atoms with Crippen molar-refractivity contribution in [1.29, 1.82) is 0 Å². The fourth-order valence-corrected chi connectivity index (χ4v) is 4.84. The van der Waals surface area contributed by atoms with Crippen molar-refractivity contribution in [2.45, 2.75) is 39.8 Å². The predicted molar refractivity (Wildman–Crippen MR) is 132 cm³/mol. The number of rotatable bonds is 8. The Kier molecular flexibility index (Phi) is 7.74. The number of amides is 2. The maximum absolute atomic E-state index is 13.0. The van der Waals surface area contributed by atoms with Gasteiger partial charge in [0.15, 0.2) is 0 Å². The molecule has 1 N–H and O–H groups in total. The van der Waals surface area contributed by atoms with E-state index in [0.717, 1.165) is 35.6 Å². The van der Waals surface area contributed by atoms with Gasteiger partial charge in [-0.05, 0) is 35.4 Å². The van der Waals surface area contributed by atoms with Crippen LogP contribution in [-0.2, 0) is 16.1 Å². The van der Waals surface area contributed by atoms with Crippen LogP contribution in [0.25, 0.3) is 22.2 Å². The first-order valence-corrected chi connectivity index (χ1v) is 12.5. The topological polar surface area (TPSA) is 91.6 Å². The van der Waals surface area contributed by atoms with Crippen molar-refractivity contribution in [2.24, 2.45) is 5.92 Å². The number of thiophene rings is 1. The normalized spacial score (nSPS) is 15.5. The first-order chi connectivity index (χ1) is 16.4. The lowest BCUT2D eigenvalue weighted by Gasteiger charge is -2.36. The lowest BCUT2D eigenvalue weighted by atomic mass is 10.0. The smallest absolute Gasteiger partial charge is 0.268 e. The number of hydrogen-bond acceptors (Lipinski definition) is 7. The van der Waals surface area contributed by atoms with Crippen molar-refractivity contribution < 1.29 is 14.1 Å². The molecule has 9 heteroatoms. The first-order valence-electron chi connectivity index (χ1n) is 11.6. The quantitative estimate of drug-likeness (QED) is 0.528. The number of carbonyl (C=O) groups is 2. The minimum atomic E-state index is -0.449. The van der Waals surface area contributed by atoms with Crippen LogP contribution >= 0.6 is 11.3 Å². The Morgan fingerprint density at radius 2 is 1.94 bits per heavy atom. The Morgan fingerprint density at radius 1 is 1.15 bits per heavy atom. The van der Waals surface area contributed by atoms with Gasteiger partial charge in [0, 0.05) is 45.2 Å². The Hall–Kier alpha value is -3.04. The van der Waals surface area contributed by atoms with Crippen LogP contribution in [0.3, 0.4) is 0 Å². The van der Waals surface area contributed by atoms with Crippen molar-refractivity contribution in [3.05, 3.63) is 47.3 Å². The van der Waals surface area contributed by atoms with Crippen molar-refractivity contribution in [2.75, 3.05) is 26.2 Å². The highest BCUT2D eigenvalue weighted by Crippen LogP contribution is 2.26. The molecule has 1 fully saturated rings. The third-order valence-electron chi connectivity index (χ3n) is 5.82. The van der Waals surface area contributed by atoms with Gasteiger partial charge >= 0.3 is 0 Å². The lowest BCUT2D eigenvalue weighted by molar-refractivity contribution is -0.138. The summed E-state index contributed by atoms with van der Waals surface area (Å²) in [4.78, 5) is 34.3. The molecule has 2 aromatic heterocycles. The molecule has 3 aromatic rings. The minimum Gasteiger partial charge on any atom is -0.345 e. The number of benzene rings is 1. The second-order valence-corrected chi connectivity index (χ2v) is 10.0. The summed E-state index contributed by atoms with van der Waals surface area (Å²) >= 11 is 1.57. The largest absolute Gasteiger partial charge is 0.345 e. The van der Waals surface area contributed by atoms with Crippen molar-refractivity contribution in [3.63, 3.8) is 0 Å². The molecule has 0 radical (unpaired) electrons. The van der Waals surface area contributed by atoms with Gasteiger partial charge in [-0.25, -0.2) is 0 Å². The molecule has 0 unspecified atom stereocenters. The van der Waals surface area contributed by atoms with Crippen LogP contribution in [0.2, 0.25) is 0 Å². The fourth-order valence-electron chi connectivity index (χ4n) is 4.19. The molecule has 1 saturated heterocycles. The predicted octanol–water partition coefficient (Wildman–Crippen LogP) is 3.66. The average molecular weight is 482 g/mol. The van der Waals surface area contributed by atoms with E-state index in [4.69, 9.17) is 4.52 Å². The maximum atomic E-state index is 13.0. The molecule has 0 spiro atoms. The van der Waals surface area contributed by atoms with Crippen LogP contribution in [0.4, 0.5) is 0 Å². The number of aromatic nitrogens is 2. The van der Waals surface area contributed by atoms with E-state index < -0.39 is 6.04 Å². The van der Waals surface area contributed by atoms with Crippen molar-refractivity contribution >= 4 is 23.2 Å². The van der Waals surface area contributed by atoms with Gasteiger partial charge in [-0.15, -0.1) is 11.3 Å². The standard InChI is InChI=1S/C25H31N5O3S/c1-17(2)14-21(26-18(3)31)25(32)30-11-9-29(10-12-30)16-19-6-4-7-20(15-19)23-27-24(33-28-23)22-8-5-13-34-22/h4-8,13,15,17,21H,9-12,14,16H2,1-3H3,(H,26,31)/t21-/m0/s1. The lowest BCUT2D eigenvalue weighted by Crippen LogP contribution is -2.54. The van der Waals surface area contributed by atoms with E-state index in [1.54, 1.807) is 11.3 Å². The van der Waals surface area contributed by atoms with Gasteiger partial charge < -0.3 is 14.7 Å². The molecule has 1 atom stereocenters. The molecule has 1 aromatic carbocycles. The van der Waals surface area contributed by atoms with Crippen LogP contribution in [0, 0.1) is 5.92 Å². The third-order valence-corrected chi connectivity index (χ3v) is 6.67. The van der Waals surface area contributed by atoms with E-state index in [9.17, 15) is 9.59 Å². The SMILES string of the molecule is CC(=O)N[C@@H](CC(C)C)C(=O)N1CCN(Cc2cccc(-c3noc(-c4cccs4)n3)c2)CC1. The zero-order valence-electron chi connectivity index (χ0n) is 19.9. The summed E-state index contributed by atoms with van der Waals surface area (Å²) < 4.78 is 5.43. The molecule has 0 saturated carbocycles. The van der Waals surface area contributed by atoms with Crippen LogP contribution < -0.4 is 5.32 Å². The summed E-state index contributed by atoms with van der Waals surface area (Å²) in [5.74, 6) is 1.29. The molecule has 1 aliphatic rings. The molecular weight excluding hydrogens is 450 g/mol. The van der Waals surface area contributed by atoms with Crippen molar-refractivity contribution in [1.82, 2.24) is 25.3 Å². The zero-order valence-corrected chi connectivity index (χ0v) is 20.7. The van der Waals surface area contributed by atoms with Gasteiger partial charge in [-0.1, -0.05) is 43.3 Å². The highest BCUT2D eigenvalue weighted by atomic mass is 32.1. The molecule has 180 valence electrons. The summed E-state index contributed by atoms with van der Waals surface area (Å²) in [6.45, 7) is 9.25. The molecule has 4 rings (SSSR count). The molecule has 3 heterocycles. The molecule has 2 amide bonds. The molecule has 34 heavy (non-hydrogen) atoms. The van der Waals surface area contributed by atoms with Gasteiger partial charge in [0.05, 0.1) is 4.88 Å². The molecule has 8 nitrogen and oxygen atoms in total. The Bertz CT molecular complexity index is 1100. The van der Waals surface area contributed by atoms with Crippen LogP contribution in [0.15, 0.2) is 46.3 Å². The highest BCUT2D eigenvalue weighted by molar-refractivity contribution is 7.13. The van der Waals surface area contributed by atoms with E-state index in [1.165, 1.54) is 6.92 Å². The summed E-state index contributed by atoms with van der Waals surface area (Å²) in [7, 11) is 0. The average Bonchev–Trinajstić information content (AvgIpc) is 3.50. The van der Waals surface area contributed by atoms with E-state index in [1.807, 2.05) is 34.5 Å². The summed E-state index contributed by atoms with van der Waals surface area (Å²) in [5, 5.41) is 8.96. The third kappa shape index (κ3) is 6.09. The van der Waals surface area contributed by atoms with E-state index in [-0.39, 0.29) is 11.8 Å². The second-order valence-electron chi connectivity index (χ2n) is 9.08. The number of piperazine rings is 1. The Balaban J connectivity index is 1.34. The number of carbonyl (C=O) groups excluding carboxylic acids is 2. The van der Waals surface area contributed by atoms with Gasteiger partial charge in [-0.3, -0.25) is 14.5 Å². The maximum Gasteiger partial charge on any atom is 0.268 e.